The fraction of sp³-hybridized carbons (Fsp3) is 0.235. The number of halogens is 3. The highest BCUT2D eigenvalue weighted by atomic mass is 19.2. The van der Waals surface area contributed by atoms with Gasteiger partial charge in [0.05, 0.1) is 6.54 Å². The van der Waals surface area contributed by atoms with E-state index in [2.05, 4.69) is 15.5 Å². The summed E-state index contributed by atoms with van der Waals surface area (Å²) in [5.74, 6) is -1.81. The van der Waals surface area contributed by atoms with Gasteiger partial charge < -0.3 is 0 Å². The van der Waals surface area contributed by atoms with E-state index in [4.69, 9.17) is 0 Å². The molecule has 0 N–H and O–H groups in total. The smallest absolute Gasteiger partial charge is 0.173 e. The Balaban J connectivity index is 1.78. The van der Waals surface area contributed by atoms with Gasteiger partial charge in [-0.05, 0) is 22.6 Å². The minimum Gasteiger partial charge on any atom is -0.283 e. The van der Waals surface area contributed by atoms with Crippen molar-refractivity contribution in [1.82, 2.24) is 25.1 Å². The highest BCUT2D eigenvalue weighted by Crippen LogP contribution is 2.33. The first kappa shape index (κ1) is 15.8. The molecule has 0 aliphatic carbocycles. The Bertz CT molecular complexity index is 911. The molecular weight excluding hydrogens is 331 g/mol. The van der Waals surface area contributed by atoms with Gasteiger partial charge in [-0.2, -0.15) is 0 Å². The van der Waals surface area contributed by atoms with Gasteiger partial charge >= 0.3 is 0 Å². The molecule has 1 unspecified atom stereocenters. The molecule has 0 saturated carbocycles. The second kappa shape index (κ2) is 6.29. The van der Waals surface area contributed by atoms with Crippen molar-refractivity contribution in [3.8, 4) is 0 Å². The summed E-state index contributed by atoms with van der Waals surface area (Å²) in [7, 11) is 0. The largest absolute Gasteiger partial charge is 0.283 e. The van der Waals surface area contributed by atoms with Crippen LogP contribution >= 0.6 is 0 Å². The van der Waals surface area contributed by atoms with Crippen LogP contribution in [0.3, 0.4) is 0 Å². The van der Waals surface area contributed by atoms with Crippen LogP contribution in [-0.2, 0) is 13.1 Å². The summed E-state index contributed by atoms with van der Waals surface area (Å²) >= 11 is 0. The van der Waals surface area contributed by atoms with Gasteiger partial charge in [0.15, 0.2) is 17.5 Å². The summed E-state index contributed by atoms with van der Waals surface area (Å²) in [6, 6.07) is 9.71. The van der Waals surface area contributed by atoms with Crippen LogP contribution in [0.2, 0.25) is 0 Å². The molecule has 2 heterocycles. The van der Waals surface area contributed by atoms with Gasteiger partial charge in [-0.3, -0.25) is 4.90 Å². The SMILES string of the molecule is Fc1ccccc1CN1CCn2nnnc2C1c1cccc(F)c1F. The molecule has 1 aromatic heterocycles. The molecule has 0 saturated heterocycles. The Labute approximate surface area is 141 Å². The third-order valence-electron chi connectivity index (χ3n) is 4.38. The Kier molecular flexibility index (Phi) is 3.96. The average Bonchev–Trinajstić information content (AvgIpc) is 3.08. The number of aromatic nitrogens is 4. The van der Waals surface area contributed by atoms with Crippen molar-refractivity contribution in [1.29, 1.82) is 0 Å². The van der Waals surface area contributed by atoms with Crippen molar-refractivity contribution < 1.29 is 13.2 Å². The van der Waals surface area contributed by atoms with Crippen LogP contribution in [0.1, 0.15) is 23.0 Å². The Morgan fingerprint density at radius 2 is 1.76 bits per heavy atom. The maximum absolute atomic E-state index is 14.4. The van der Waals surface area contributed by atoms with Gasteiger partial charge in [-0.15, -0.1) is 5.10 Å². The van der Waals surface area contributed by atoms with Crippen molar-refractivity contribution in [3.63, 3.8) is 0 Å². The monoisotopic (exact) mass is 345 g/mol. The molecule has 0 bridgehead atoms. The topological polar surface area (TPSA) is 46.8 Å². The van der Waals surface area contributed by atoms with Gasteiger partial charge in [0.2, 0.25) is 0 Å². The zero-order valence-electron chi connectivity index (χ0n) is 13.1. The molecule has 0 radical (unpaired) electrons. The summed E-state index contributed by atoms with van der Waals surface area (Å²) in [5, 5.41) is 11.5. The molecule has 4 rings (SSSR count). The second-order valence-electron chi connectivity index (χ2n) is 5.87. The molecule has 5 nitrogen and oxygen atoms in total. The normalized spacial score (nSPS) is 17.5. The Morgan fingerprint density at radius 3 is 2.60 bits per heavy atom. The number of hydrogen-bond donors (Lipinski definition) is 0. The van der Waals surface area contributed by atoms with E-state index in [1.165, 1.54) is 18.2 Å². The lowest BCUT2D eigenvalue weighted by Crippen LogP contribution is -2.39. The lowest BCUT2D eigenvalue weighted by atomic mass is 10.0. The molecule has 0 fully saturated rings. The van der Waals surface area contributed by atoms with E-state index in [1.54, 1.807) is 22.9 Å². The minimum absolute atomic E-state index is 0.132. The first-order chi connectivity index (χ1) is 12.1. The number of hydrogen-bond acceptors (Lipinski definition) is 4. The van der Waals surface area contributed by atoms with Crippen LogP contribution in [0.4, 0.5) is 13.2 Å². The van der Waals surface area contributed by atoms with E-state index in [0.717, 1.165) is 6.07 Å². The van der Waals surface area contributed by atoms with Crippen LogP contribution in [-0.4, -0.2) is 31.7 Å². The third kappa shape index (κ3) is 2.78. The molecular formula is C17H14F3N5. The predicted octanol–water partition coefficient (Wildman–Crippen LogP) is 2.70. The van der Waals surface area contributed by atoms with E-state index < -0.39 is 17.7 Å². The molecule has 1 aliphatic heterocycles. The fourth-order valence-corrected chi connectivity index (χ4v) is 3.17. The number of tetrazole rings is 1. The minimum atomic E-state index is -0.942. The highest BCUT2D eigenvalue weighted by molar-refractivity contribution is 5.29. The van der Waals surface area contributed by atoms with Crippen molar-refractivity contribution >= 4 is 0 Å². The van der Waals surface area contributed by atoms with Gasteiger partial charge in [0, 0.05) is 24.2 Å². The Morgan fingerprint density at radius 1 is 0.960 bits per heavy atom. The van der Waals surface area contributed by atoms with Gasteiger partial charge in [-0.1, -0.05) is 30.3 Å². The first-order valence-electron chi connectivity index (χ1n) is 7.82. The lowest BCUT2D eigenvalue weighted by Gasteiger charge is -2.35. The lowest BCUT2D eigenvalue weighted by molar-refractivity contribution is 0.158. The number of benzene rings is 2. The molecule has 1 aliphatic rings. The molecule has 8 heteroatoms. The number of rotatable bonds is 3. The van der Waals surface area contributed by atoms with Crippen LogP contribution in [0.5, 0.6) is 0 Å². The van der Waals surface area contributed by atoms with E-state index in [0.29, 0.717) is 24.5 Å². The fourth-order valence-electron chi connectivity index (χ4n) is 3.17. The zero-order valence-corrected chi connectivity index (χ0v) is 13.1. The Hall–Kier alpha value is -2.74. The highest BCUT2D eigenvalue weighted by Gasteiger charge is 2.34. The summed E-state index contributed by atoms with van der Waals surface area (Å²) in [6.45, 7) is 1.21. The van der Waals surface area contributed by atoms with Crippen LogP contribution in [0.15, 0.2) is 42.5 Å². The van der Waals surface area contributed by atoms with Crippen molar-refractivity contribution in [2.45, 2.75) is 19.1 Å². The second-order valence-corrected chi connectivity index (χ2v) is 5.87. The molecule has 0 amide bonds. The van der Waals surface area contributed by atoms with Gasteiger partial charge in [0.25, 0.3) is 0 Å². The molecule has 0 spiro atoms. The molecule has 25 heavy (non-hydrogen) atoms. The molecule has 3 aromatic rings. The summed E-state index contributed by atoms with van der Waals surface area (Å²) in [4.78, 5) is 1.85. The van der Waals surface area contributed by atoms with E-state index in [9.17, 15) is 13.2 Å². The summed E-state index contributed by atoms with van der Waals surface area (Å²) in [6.07, 6.45) is 0. The third-order valence-corrected chi connectivity index (χ3v) is 4.38. The molecule has 2 aromatic carbocycles. The first-order valence-corrected chi connectivity index (χ1v) is 7.82. The van der Waals surface area contributed by atoms with Crippen LogP contribution in [0.25, 0.3) is 0 Å². The quantitative estimate of drug-likeness (QED) is 0.732. The summed E-state index contributed by atoms with van der Waals surface area (Å²) in [5.41, 5.74) is 0.609. The maximum Gasteiger partial charge on any atom is 0.173 e. The maximum atomic E-state index is 14.4. The molecule has 1 atom stereocenters. The van der Waals surface area contributed by atoms with Gasteiger partial charge in [0.1, 0.15) is 11.9 Å². The predicted molar refractivity (Wildman–Crippen MR) is 82.8 cm³/mol. The van der Waals surface area contributed by atoms with E-state index in [1.807, 2.05) is 4.90 Å². The van der Waals surface area contributed by atoms with Crippen molar-refractivity contribution in [3.05, 3.63) is 76.9 Å². The average molecular weight is 345 g/mol. The zero-order chi connectivity index (χ0) is 17.4. The van der Waals surface area contributed by atoms with Crippen LogP contribution in [0, 0.1) is 17.5 Å². The van der Waals surface area contributed by atoms with Gasteiger partial charge in [-0.25, -0.2) is 17.9 Å². The van der Waals surface area contributed by atoms with Crippen molar-refractivity contribution in [2.75, 3.05) is 6.54 Å². The van der Waals surface area contributed by atoms with Crippen LogP contribution < -0.4 is 0 Å². The number of nitrogens with zero attached hydrogens (tertiary/aromatic N) is 5. The summed E-state index contributed by atoms with van der Waals surface area (Å²) < 4.78 is 43.8. The standard InChI is InChI=1S/C17H14F3N5/c18-13-6-2-1-4-11(13)10-24-8-9-25-17(21-22-23-25)16(24)12-5-3-7-14(19)15(12)20/h1-7,16H,8-10H2. The van der Waals surface area contributed by atoms with E-state index >= 15 is 0 Å². The van der Waals surface area contributed by atoms with Crippen molar-refractivity contribution in [2.24, 2.45) is 0 Å². The molecule has 128 valence electrons. The van der Waals surface area contributed by atoms with E-state index in [-0.39, 0.29) is 17.9 Å². The number of fused-ring (bicyclic) bond motifs is 1.